The van der Waals surface area contributed by atoms with Crippen LogP contribution in [0.3, 0.4) is 0 Å². The number of amides is 1. The van der Waals surface area contributed by atoms with Gasteiger partial charge in [0.25, 0.3) is 0 Å². The van der Waals surface area contributed by atoms with Gasteiger partial charge >= 0.3 is 0 Å². The summed E-state index contributed by atoms with van der Waals surface area (Å²) in [5, 5.41) is 10.7. The van der Waals surface area contributed by atoms with Crippen molar-refractivity contribution in [1.82, 2.24) is 4.98 Å². The van der Waals surface area contributed by atoms with Gasteiger partial charge in [0.05, 0.1) is 44.3 Å². The summed E-state index contributed by atoms with van der Waals surface area (Å²) in [6.45, 7) is 3.22. The Morgan fingerprint density at radius 2 is 1.72 bits per heavy atom. The predicted octanol–water partition coefficient (Wildman–Crippen LogP) is 8.78. The Balaban J connectivity index is 1.00. The summed E-state index contributed by atoms with van der Waals surface area (Å²) in [5.41, 5.74) is 5.08. The van der Waals surface area contributed by atoms with Crippen LogP contribution in [0.5, 0.6) is 0 Å². The van der Waals surface area contributed by atoms with Crippen molar-refractivity contribution < 1.29 is 13.9 Å². The number of nitriles is 1. The molecule has 7 aliphatic rings. The van der Waals surface area contributed by atoms with Crippen molar-refractivity contribution in [1.29, 1.82) is 5.26 Å². The Labute approximate surface area is 273 Å². The number of hydrogen-bond donors (Lipinski definition) is 0. The van der Waals surface area contributed by atoms with Gasteiger partial charge in [0.2, 0.25) is 5.91 Å². The van der Waals surface area contributed by atoms with Crippen LogP contribution in [-0.2, 0) is 20.5 Å². The third kappa shape index (κ3) is 4.33. The van der Waals surface area contributed by atoms with Crippen LogP contribution < -0.4 is 4.90 Å². The molecule has 3 aromatic carbocycles. The van der Waals surface area contributed by atoms with Crippen LogP contribution in [0, 0.1) is 35.0 Å². The van der Waals surface area contributed by atoms with Crippen LogP contribution in [-0.4, -0.2) is 30.2 Å². The number of alkyl halides is 1. The second-order valence-corrected chi connectivity index (χ2v) is 16.3. The van der Waals surface area contributed by atoms with Crippen LogP contribution in [0.1, 0.15) is 73.9 Å². The molecule has 5 nitrogen and oxygen atoms in total. The van der Waals surface area contributed by atoms with Gasteiger partial charge in [-0.1, -0.05) is 42.5 Å². The number of aromatic nitrogens is 1. The van der Waals surface area contributed by atoms with Gasteiger partial charge in [0.1, 0.15) is 6.17 Å². The molecule has 3 heterocycles. The molecule has 7 fully saturated rings. The summed E-state index contributed by atoms with van der Waals surface area (Å²) in [5.74, 6) is 0.126. The van der Waals surface area contributed by atoms with Gasteiger partial charge in [0, 0.05) is 17.6 Å². The number of rotatable bonds is 7. The maximum absolute atomic E-state index is 14.8. The SMILES string of the molecule is Cc1nc2ccc(-c3cccc(N(CC45CCC(c6ccc(C7(C#N)CC7)cc6)(CC4)OC5)C(=O)C45CC(C4)[C@@H](F)C5)c3)cc2s1. The highest BCUT2D eigenvalue weighted by Crippen LogP contribution is 2.62. The number of fused-ring (bicyclic) bond motifs is 5. The number of nitrogens with zero attached hydrogens (tertiary/aromatic N) is 3. The molecule has 11 rings (SSSR count). The fourth-order valence-corrected chi connectivity index (χ4v) is 10.0. The highest BCUT2D eigenvalue weighted by atomic mass is 32.1. The van der Waals surface area contributed by atoms with Gasteiger partial charge in [-0.3, -0.25) is 4.79 Å². The van der Waals surface area contributed by atoms with Gasteiger partial charge in [-0.15, -0.1) is 11.3 Å². The van der Waals surface area contributed by atoms with Crippen LogP contribution in [0.15, 0.2) is 66.7 Å². The smallest absolute Gasteiger partial charge is 0.233 e. The third-order valence-corrected chi connectivity index (χ3v) is 13.2. The van der Waals surface area contributed by atoms with Crippen molar-refractivity contribution in [3.63, 3.8) is 0 Å². The summed E-state index contributed by atoms with van der Waals surface area (Å²) in [4.78, 5) is 21.2. The third-order valence-electron chi connectivity index (χ3n) is 12.3. The molecule has 0 spiro atoms. The molecular weight excluding hydrogens is 594 g/mol. The number of ether oxygens (including phenoxy) is 1. The number of anilines is 1. The lowest BCUT2D eigenvalue weighted by Gasteiger charge is -2.55. The van der Waals surface area contributed by atoms with E-state index >= 15 is 0 Å². The number of thiazole rings is 1. The van der Waals surface area contributed by atoms with Gasteiger partial charge in [-0.25, -0.2) is 9.37 Å². The minimum Gasteiger partial charge on any atom is -0.370 e. The van der Waals surface area contributed by atoms with Gasteiger partial charge in [-0.05, 0) is 117 Å². The van der Waals surface area contributed by atoms with E-state index < -0.39 is 11.6 Å². The molecule has 0 radical (unpaired) electrons. The molecule has 1 atom stereocenters. The van der Waals surface area contributed by atoms with Crippen molar-refractivity contribution in [2.24, 2.45) is 16.7 Å². The fourth-order valence-electron chi connectivity index (χ4n) is 9.17. The Morgan fingerprint density at radius 3 is 2.37 bits per heavy atom. The lowest BCUT2D eigenvalue weighted by atomic mass is 9.63. The molecule has 2 saturated heterocycles. The molecule has 5 aliphatic carbocycles. The fraction of sp³-hybridized carbons (Fsp3) is 0.462. The van der Waals surface area contributed by atoms with Crippen LogP contribution in [0.2, 0.25) is 0 Å². The maximum Gasteiger partial charge on any atom is 0.233 e. The first-order chi connectivity index (χ1) is 22.2. The number of carbonyl (C=O) groups is 1. The molecule has 2 aliphatic heterocycles. The van der Waals surface area contributed by atoms with Crippen molar-refractivity contribution in [2.75, 3.05) is 18.1 Å². The number of aryl methyl sites for hydroxylation is 1. The molecule has 234 valence electrons. The maximum atomic E-state index is 14.8. The summed E-state index contributed by atoms with van der Waals surface area (Å²) in [6, 6.07) is 25.8. The highest BCUT2D eigenvalue weighted by molar-refractivity contribution is 7.18. The van der Waals surface area contributed by atoms with E-state index in [0.29, 0.717) is 32.4 Å². The zero-order chi connectivity index (χ0) is 31.3. The average Bonchev–Trinajstić information content (AvgIpc) is 3.54. The van der Waals surface area contributed by atoms with E-state index in [1.54, 1.807) is 11.3 Å². The number of benzene rings is 3. The van der Waals surface area contributed by atoms with E-state index in [4.69, 9.17) is 4.74 Å². The number of halogens is 1. The molecule has 0 unspecified atom stereocenters. The molecule has 1 aromatic heterocycles. The lowest BCUT2D eigenvalue weighted by Crippen LogP contribution is -2.57. The molecule has 4 aromatic rings. The second kappa shape index (κ2) is 9.95. The van der Waals surface area contributed by atoms with Crippen molar-refractivity contribution in [3.8, 4) is 17.2 Å². The highest BCUT2D eigenvalue weighted by Gasteiger charge is 2.62. The van der Waals surface area contributed by atoms with Gasteiger partial charge in [-0.2, -0.15) is 5.26 Å². The Kier molecular flexibility index (Phi) is 6.19. The van der Waals surface area contributed by atoms with E-state index in [-0.39, 0.29) is 28.3 Å². The lowest BCUT2D eigenvalue weighted by molar-refractivity contribution is -0.187. The van der Waals surface area contributed by atoms with E-state index in [1.807, 2.05) is 24.0 Å². The van der Waals surface area contributed by atoms with E-state index in [9.17, 15) is 14.4 Å². The van der Waals surface area contributed by atoms with Crippen molar-refractivity contribution >= 4 is 33.1 Å². The molecule has 7 heteroatoms. The Morgan fingerprint density at radius 1 is 0.978 bits per heavy atom. The first kappa shape index (κ1) is 28.6. The van der Waals surface area contributed by atoms with Crippen LogP contribution >= 0.6 is 11.3 Å². The van der Waals surface area contributed by atoms with E-state index in [2.05, 4.69) is 65.7 Å². The van der Waals surface area contributed by atoms with Crippen LogP contribution in [0.4, 0.5) is 10.1 Å². The molecular formula is C39H38FN3O2S. The average molecular weight is 632 g/mol. The zero-order valence-electron chi connectivity index (χ0n) is 26.2. The molecule has 5 saturated carbocycles. The van der Waals surface area contributed by atoms with E-state index in [0.717, 1.165) is 76.1 Å². The normalized spacial score (nSPS) is 31.8. The summed E-state index contributed by atoms with van der Waals surface area (Å²) in [7, 11) is 0. The first-order valence-electron chi connectivity index (χ1n) is 16.8. The standard InChI is InChI=1S/C39H38FN3O2S/c1-25-42-33-10-5-27(18-34(33)46-25)26-3-2-4-31(17-26)43(35(44)38-19-28(20-38)32(40)21-38)23-36-11-15-39(16-12-36,45-24-36)30-8-6-29(7-9-30)37(22-41)13-14-37/h2-10,17-18,28,32H,11-16,19-21,23-24H2,1H3/t28?,32-,36?,38?,39?/m0/s1. The number of carbonyl (C=O) groups excluding carboxylic acids is 1. The topological polar surface area (TPSA) is 66.2 Å². The second-order valence-electron chi connectivity index (χ2n) is 15.1. The van der Waals surface area contributed by atoms with E-state index in [1.165, 1.54) is 5.56 Å². The minimum atomic E-state index is -0.868. The summed E-state index contributed by atoms with van der Waals surface area (Å²) >= 11 is 1.69. The Bertz CT molecular complexity index is 1890. The monoisotopic (exact) mass is 631 g/mol. The number of hydrogen-bond acceptors (Lipinski definition) is 5. The quantitative estimate of drug-likeness (QED) is 0.205. The Hall–Kier alpha value is -3.60. The summed E-state index contributed by atoms with van der Waals surface area (Å²) in [6.07, 6.45) is 6.47. The van der Waals surface area contributed by atoms with Gasteiger partial charge in [0.15, 0.2) is 0 Å². The van der Waals surface area contributed by atoms with Crippen molar-refractivity contribution in [3.05, 3.63) is 82.9 Å². The molecule has 1 amide bonds. The van der Waals surface area contributed by atoms with Crippen molar-refractivity contribution in [2.45, 2.75) is 81.9 Å². The van der Waals surface area contributed by atoms with Crippen LogP contribution in [0.25, 0.3) is 21.3 Å². The minimum absolute atomic E-state index is 0.0348. The molecule has 0 N–H and O–H groups in total. The zero-order valence-corrected chi connectivity index (χ0v) is 27.0. The largest absolute Gasteiger partial charge is 0.370 e. The molecule has 46 heavy (non-hydrogen) atoms. The predicted molar refractivity (Wildman–Crippen MR) is 178 cm³/mol. The summed E-state index contributed by atoms with van der Waals surface area (Å²) < 4.78 is 22.7. The molecule has 4 bridgehead atoms. The first-order valence-corrected chi connectivity index (χ1v) is 17.7. The van der Waals surface area contributed by atoms with Gasteiger partial charge < -0.3 is 9.64 Å².